The number of rotatable bonds is 36. The number of unbranched alkanes of at least 4 members (excludes halogenated alkanes) is 12. The molecule has 0 aromatic heterocycles. The van der Waals surface area contributed by atoms with Crippen molar-refractivity contribution in [3.63, 3.8) is 0 Å². The van der Waals surface area contributed by atoms with Crippen molar-refractivity contribution in [2.75, 3.05) is 26.0 Å². The zero-order valence-corrected chi connectivity index (χ0v) is 35.6. The molecular weight excluding hydrogens is 719 g/mol. The molecule has 0 saturated carbocycles. The fourth-order valence-corrected chi connectivity index (χ4v) is 8.44. The van der Waals surface area contributed by atoms with Crippen molar-refractivity contribution in [3.05, 3.63) is 0 Å². The van der Waals surface area contributed by atoms with Gasteiger partial charge in [-0.15, -0.1) is 0 Å². The molecular formula is C43H77N3O8S. The number of Topliss-reactive ketones (excluding diaryl/α,β-unsaturated/α-hetero) is 4. The number of hydrogen-bond donors (Lipinski definition) is 3. The van der Waals surface area contributed by atoms with Crippen molar-refractivity contribution in [2.24, 2.45) is 0 Å². The highest BCUT2D eigenvalue weighted by atomic mass is 32.2. The lowest BCUT2D eigenvalue weighted by atomic mass is 10.0. The van der Waals surface area contributed by atoms with Gasteiger partial charge in [-0.05, 0) is 70.6 Å². The van der Waals surface area contributed by atoms with Gasteiger partial charge in [-0.1, -0.05) is 65.2 Å². The summed E-state index contributed by atoms with van der Waals surface area (Å²) in [6, 6.07) is 0.557. The van der Waals surface area contributed by atoms with Crippen LogP contribution in [0.4, 0.5) is 4.79 Å². The van der Waals surface area contributed by atoms with Crippen LogP contribution in [-0.4, -0.2) is 78.4 Å². The van der Waals surface area contributed by atoms with Crippen LogP contribution >= 0.6 is 11.8 Å². The van der Waals surface area contributed by atoms with E-state index in [0.717, 1.165) is 121 Å². The molecule has 0 spiro atoms. The van der Waals surface area contributed by atoms with Crippen molar-refractivity contribution in [2.45, 2.75) is 211 Å². The summed E-state index contributed by atoms with van der Waals surface area (Å²) >= 11 is 1.94. The maximum absolute atomic E-state index is 12.0. The Morgan fingerprint density at radius 1 is 0.618 bits per heavy atom. The standard InChI is InChI=1S/C28H50O6.C15H27N3O2S/c1-3-25(29)17-10-6-11-19-27(31)21-14-8-15-23-28(32)22-13-7-12-20-26(30)18-9-4-5-16-24-34-33-2;1-2-3-6-9-16-13(19)8-5-4-7-12-14-11(10-21-12)17-15(20)18-14/h3-24H2,1-2H3;11-12,14H,2-10H2,1H3,(H,16,19)(H2,17,18,20). The van der Waals surface area contributed by atoms with Gasteiger partial charge in [-0.25, -0.2) is 14.6 Å². The highest BCUT2D eigenvalue weighted by molar-refractivity contribution is 8.00. The molecule has 0 aromatic rings. The lowest BCUT2D eigenvalue weighted by molar-refractivity contribution is -0.272. The van der Waals surface area contributed by atoms with Crippen molar-refractivity contribution >= 4 is 46.8 Å². The van der Waals surface area contributed by atoms with E-state index in [9.17, 15) is 28.8 Å². The van der Waals surface area contributed by atoms with Crippen LogP contribution in [0.25, 0.3) is 0 Å². The van der Waals surface area contributed by atoms with Crippen LogP contribution < -0.4 is 16.0 Å². The van der Waals surface area contributed by atoms with E-state index in [1.54, 1.807) is 0 Å². The number of fused-ring (bicyclic) bond motifs is 1. The molecule has 0 bridgehead atoms. The molecule has 11 nitrogen and oxygen atoms in total. The van der Waals surface area contributed by atoms with Crippen molar-refractivity contribution in [1.29, 1.82) is 0 Å². The minimum Gasteiger partial charge on any atom is -0.356 e. The number of urea groups is 1. The second-order valence-electron chi connectivity index (χ2n) is 15.3. The van der Waals surface area contributed by atoms with Gasteiger partial charge in [0.2, 0.25) is 5.91 Å². The topological polar surface area (TPSA) is 157 Å². The van der Waals surface area contributed by atoms with Gasteiger partial charge in [0, 0.05) is 75.3 Å². The molecule has 12 heteroatoms. The van der Waals surface area contributed by atoms with Crippen molar-refractivity contribution in [3.8, 4) is 0 Å². The first-order valence-electron chi connectivity index (χ1n) is 21.9. The van der Waals surface area contributed by atoms with Gasteiger partial charge in [0.25, 0.3) is 0 Å². The maximum Gasteiger partial charge on any atom is 0.315 e. The molecule has 55 heavy (non-hydrogen) atoms. The summed E-state index contributed by atoms with van der Waals surface area (Å²) in [5.74, 6) is 2.43. The summed E-state index contributed by atoms with van der Waals surface area (Å²) in [6.07, 6.45) is 24.2. The first-order chi connectivity index (χ1) is 26.7. The Kier molecular flexibility index (Phi) is 32.2. The average Bonchev–Trinajstić information content (AvgIpc) is 3.73. The Bertz CT molecular complexity index is 1070. The second-order valence-corrected chi connectivity index (χ2v) is 16.5. The molecule has 0 aliphatic carbocycles. The third kappa shape index (κ3) is 28.7. The van der Waals surface area contributed by atoms with E-state index in [1.165, 1.54) is 20.0 Å². The Labute approximate surface area is 337 Å². The predicted molar refractivity (Wildman–Crippen MR) is 222 cm³/mol. The highest BCUT2D eigenvalue weighted by Gasteiger charge is 2.42. The number of amides is 3. The number of thioether (sulfide) groups is 1. The van der Waals surface area contributed by atoms with Crippen LogP contribution in [0.1, 0.15) is 194 Å². The minimum absolute atomic E-state index is 0.0262. The summed E-state index contributed by atoms with van der Waals surface area (Å²) in [5.41, 5.74) is 0. The Morgan fingerprint density at radius 2 is 1.11 bits per heavy atom. The lowest BCUT2D eigenvalue weighted by Crippen LogP contribution is -2.36. The molecule has 2 aliphatic rings. The summed E-state index contributed by atoms with van der Waals surface area (Å²) < 4.78 is 0. The molecule has 318 valence electrons. The van der Waals surface area contributed by atoms with Crippen LogP contribution in [0, 0.1) is 0 Å². The molecule has 2 fully saturated rings. The van der Waals surface area contributed by atoms with E-state index in [1.807, 2.05) is 18.7 Å². The summed E-state index contributed by atoms with van der Waals surface area (Å²) in [5, 5.41) is 9.44. The quantitative estimate of drug-likeness (QED) is 0.0244. The smallest absolute Gasteiger partial charge is 0.315 e. The summed E-state index contributed by atoms with van der Waals surface area (Å²) in [6.45, 7) is 5.47. The fraction of sp³-hybridized carbons (Fsp3) is 0.860. The van der Waals surface area contributed by atoms with E-state index in [2.05, 4.69) is 27.8 Å². The Hall–Kier alpha value is -2.31. The zero-order chi connectivity index (χ0) is 40.4. The van der Waals surface area contributed by atoms with E-state index in [4.69, 9.17) is 4.89 Å². The van der Waals surface area contributed by atoms with Gasteiger partial charge in [0.05, 0.1) is 25.8 Å². The molecule has 3 amide bonds. The normalized spacial score (nSPS) is 17.1. The van der Waals surface area contributed by atoms with E-state index in [0.29, 0.717) is 98.8 Å². The van der Waals surface area contributed by atoms with E-state index >= 15 is 0 Å². The second kappa shape index (κ2) is 34.9. The fourth-order valence-electron chi connectivity index (χ4n) is 6.90. The van der Waals surface area contributed by atoms with Crippen LogP contribution in [-0.2, 0) is 33.7 Å². The van der Waals surface area contributed by atoms with Crippen LogP contribution in [0.3, 0.4) is 0 Å². The third-order valence-corrected chi connectivity index (χ3v) is 11.9. The average molecular weight is 796 g/mol. The number of carbonyl (C=O) groups is 6. The van der Waals surface area contributed by atoms with Gasteiger partial charge in [-0.2, -0.15) is 11.8 Å². The summed E-state index contributed by atoms with van der Waals surface area (Å²) in [4.78, 5) is 79.3. The molecule has 2 saturated heterocycles. The molecule has 3 N–H and O–H groups in total. The molecule has 0 aromatic carbocycles. The molecule has 2 heterocycles. The Balaban J connectivity index is 0.000000610. The maximum atomic E-state index is 12.0. The molecule has 3 unspecified atom stereocenters. The largest absolute Gasteiger partial charge is 0.356 e. The van der Waals surface area contributed by atoms with Gasteiger partial charge >= 0.3 is 6.03 Å². The van der Waals surface area contributed by atoms with Gasteiger partial charge in [0.1, 0.15) is 23.1 Å². The number of nitrogens with one attached hydrogen (secondary N) is 3. The number of ketones is 4. The predicted octanol–water partition coefficient (Wildman–Crippen LogP) is 9.07. The lowest BCUT2D eigenvalue weighted by Gasteiger charge is -2.16. The zero-order valence-electron chi connectivity index (χ0n) is 34.8. The molecule has 2 aliphatic heterocycles. The van der Waals surface area contributed by atoms with Crippen molar-refractivity contribution in [1.82, 2.24) is 16.0 Å². The van der Waals surface area contributed by atoms with E-state index < -0.39 is 0 Å². The Morgan fingerprint density at radius 3 is 1.62 bits per heavy atom. The number of hydrogen-bond acceptors (Lipinski definition) is 9. The van der Waals surface area contributed by atoms with Crippen LogP contribution in [0.2, 0.25) is 0 Å². The third-order valence-electron chi connectivity index (χ3n) is 10.4. The summed E-state index contributed by atoms with van der Waals surface area (Å²) in [7, 11) is 1.51. The molecule has 3 atom stereocenters. The minimum atomic E-state index is -0.0262. The molecule has 0 radical (unpaired) electrons. The van der Waals surface area contributed by atoms with Crippen LogP contribution in [0.15, 0.2) is 0 Å². The molecule has 2 rings (SSSR count). The van der Waals surface area contributed by atoms with Gasteiger partial charge in [-0.3, -0.25) is 24.0 Å². The first kappa shape index (κ1) is 50.7. The van der Waals surface area contributed by atoms with Gasteiger partial charge < -0.3 is 16.0 Å². The number of carbonyl (C=O) groups excluding carboxylic acids is 6. The monoisotopic (exact) mass is 796 g/mol. The van der Waals surface area contributed by atoms with Gasteiger partial charge in [0.15, 0.2) is 0 Å². The van der Waals surface area contributed by atoms with Crippen LogP contribution in [0.5, 0.6) is 0 Å². The van der Waals surface area contributed by atoms with Crippen molar-refractivity contribution < 1.29 is 38.5 Å². The SMILES string of the molecule is CCC(=O)CCCCCC(=O)CCCCCC(=O)CCCCCC(=O)CCCCCCOOC.CCCCCNC(=O)CCCCC1SCC2NC(=O)NC21. The highest BCUT2D eigenvalue weighted by Crippen LogP contribution is 2.33. The first-order valence-corrected chi connectivity index (χ1v) is 22.9. The van der Waals surface area contributed by atoms with E-state index in [-0.39, 0.29) is 18.0 Å².